The van der Waals surface area contributed by atoms with Crippen molar-refractivity contribution in [2.75, 3.05) is 40.4 Å². The smallest absolute Gasteiger partial charge is 0.255 e. The molecule has 1 aliphatic heterocycles. The molecule has 0 radical (unpaired) electrons. The standard InChI is InChI=1S/C28H33N3O9/c1-30(2)22-16-12-14-11-15-13(4-6-18(33)31-7-9-40-10-8-31)3-5-17(32)20(15)23(34)19(14)25(36)28(16,39)26(37)21(24(22)35)27(29)38/h3,5,14,16,22,32,35-36,39H,4,6-12H2,1-2H3,(H2,29,38)/t14-,16-,22?,28-/m0/s1. The first-order valence-corrected chi connectivity index (χ1v) is 13.2. The minimum atomic E-state index is -2.68. The Labute approximate surface area is 230 Å². The van der Waals surface area contributed by atoms with Crippen LogP contribution in [0.25, 0.3) is 0 Å². The van der Waals surface area contributed by atoms with Crippen LogP contribution in [0.15, 0.2) is 34.8 Å². The van der Waals surface area contributed by atoms with E-state index in [1.807, 2.05) is 0 Å². The van der Waals surface area contributed by atoms with Gasteiger partial charge in [0.25, 0.3) is 5.91 Å². The third kappa shape index (κ3) is 4.09. The SMILES string of the molecule is CN(C)C1C(O)=C(C(N)=O)C(=O)[C@@]2(O)C(O)=C3C(=O)c4c(O)ccc(CCC(=O)N5CCOCC5)c4C[C@H]3C[C@@H]12. The predicted molar refractivity (Wildman–Crippen MR) is 139 cm³/mol. The maximum atomic E-state index is 13.8. The van der Waals surface area contributed by atoms with Gasteiger partial charge in [0.15, 0.2) is 11.4 Å². The highest BCUT2D eigenvalue weighted by atomic mass is 16.5. The number of likely N-dealkylation sites (N-methyl/N-ethyl adjacent to an activating group) is 1. The monoisotopic (exact) mass is 555 g/mol. The van der Waals surface area contributed by atoms with Gasteiger partial charge in [-0.3, -0.25) is 24.1 Å². The van der Waals surface area contributed by atoms with E-state index in [9.17, 15) is 39.6 Å². The molecule has 4 atom stereocenters. The minimum absolute atomic E-state index is 0.00751. The Hall–Kier alpha value is -3.74. The molecule has 6 N–H and O–H groups in total. The number of carbonyl (C=O) groups is 4. The van der Waals surface area contributed by atoms with E-state index < -0.39 is 58.0 Å². The van der Waals surface area contributed by atoms with Gasteiger partial charge in [-0.05, 0) is 56.5 Å². The fourth-order valence-electron chi connectivity index (χ4n) is 6.76. The van der Waals surface area contributed by atoms with Gasteiger partial charge in [-0.1, -0.05) is 6.07 Å². The second-order valence-electron chi connectivity index (χ2n) is 11.1. The molecular formula is C28H33N3O9. The number of aryl methyl sites for hydroxylation is 1. The number of phenolic OH excluding ortho intramolecular Hbond substituents is 1. The van der Waals surface area contributed by atoms with E-state index in [2.05, 4.69) is 0 Å². The summed E-state index contributed by atoms with van der Waals surface area (Å²) in [6, 6.07) is 1.96. The molecule has 0 bridgehead atoms. The van der Waals surface area contributed by atoms with Crippen LogP contribution in [0.3, 0.4) is 0 Å². The first-order valence-electron chi connectivity index (χ1n) is 13.2. The molecule has 3 aliphatic carbocycles. The van der Waals surface area contributed by atoms with E-state index >= 15 is 0 Å². The first kappa shape index (κ1) is 27.8. The summed E-state index contributed by atoms with van der Waals surface area (Å²) in [5.74, 6) is -6.94. The molecule has 1 saturated heterocycles. The van der Waals surface area contributed by atoms with E-state index in [0.717, 1.165) is 0 Å². The molecular weight excluding hydrogens is 522 g/mol. The van der Waals surface area contributed by atoms with E-state index in [1.54, 1.807) is 25.1 Å². The molecule has 1 heterocycles. The van der Waals surface area contributed by atoms with Crippen molar-refractivity contribution in [3.63, 3.8) is 0 Å². The number of ether oxygens (including phenoxy) is 1. The van der Waals surface area contributed by atoms with Gasteiger partial charge in [-0.25, -0.2) is 0 Å². The molecule has 12 heteroatoms. The number of nitrogens with zero attached hydrogens (tertiary/aromatic N) is 2. The Bertz CT molecular complexity index is 1370. The first-order chi connectivity index (χ1) is 18.9. The van der Waals surface area contributed by atoms with Gasteiger partial charge in [-0.15, -0.1) is 0 Å². The Morgan fingerprint density at radius 1 is 1.15 bits per heavy atom. The topological polar surface area (TPSA) is 191 Å². The van der Waals surface area contributed by atoms with Crippen molar-refractivity contribution >= 4 is 23.4 Å². The Balaban J connectivity index is 1.55. The van der Waals surface area contributed by atoms with Gasteiger partial charge in [-0.2, -0.15) is 0 Å². The van der Waals surface area contributed by atoms with Crippen molar-refractivity contribution in [2.24, 2.45) is 17.6 Å². The minimum Gasteiger partial charge on any atom is -0.510 e. The van der Waals surface area contributed by atoms with Gasteiger partial charge >= 0.3 is 0 Å². The predicted octanol–water partition coefficient (Wildman–Crippen LogP) is -0.0880. The second-order valence-corrected chi connectivity index (χ2v) is 11.1. The summed E-state index contributed by atoms with van der Waals surface area (Å²) in [7, 11) is 3.16. The number of hydrogen-bond donors (Lipinski definition) is 5. The van der Waals surface area contributed by atoms with Crippen molar-refractivity contribution in [3.8, 4) is 5.75 Å². The van der Waals surface area contributed by atoms with Crippen molar-refractivity contribution in [1.82, 2.24) is 9.80 Å². The number of hydrogen-bond acceptors (Lipinski definition) is 10. The Kier molecular flexibility index (Phi) is 6.97. The number of amides is 2. The largest absolute Gasteiger partial charge is 0.510 e. The molecule has 0 aromatic heterocycles. The Morgan fingerprint density at radius 2 is 1.82 bits per heavy atom. The number of benzene rings is 1. The van der Waals surface area contributed by atoms with Crippen LogP contribution in [0, 0.1) is 11.8 Å². The number of allylic oxidation sites excluding steroid dienone is 1. The molecule has 214 valence electrons. The van der Waals surface area contributed by atoms with E-state index in [0.29, 0.717) is 43.9 Å². The Morgan fingerprint density at radius 3 is 2.45 bits per heavy atom. The number of phenols is 1. The molecule has 2 amide bonds. The number of rotatable bonds is 5. The van der Waals surface area contributed by atoms with Gasteiger partial charge in [0, 0.05) is 31.0 Å². The van der Waals surface area contributed by atoms with Crippen molar-refractivity contribution in [3.05, 3.63) is 51.5 Å². The lowest BCUT2D eigenvalue weighted by Crippen LogP contribution is -2.63. The van der Waals surface area contributed by atoms with Crippen LogP contribution < -0.4 is 5.73 Å². The number of ketones is 2. The number of aliphatic hydroxyl groups excluding tert-OH is 2. The van der Waals surface area contributed by atoms with Gasteiger partial charge in [0.1, 0.15) is 22.8 Å². The lowest BCUT2D eigenvalue weighted by Gasteiger charge is -2.50. The quantitative estimate of drug-likeness (QED) is 0.307. The number of carbonyl (C=O) groups excluding carboxylic acids is 4. The summed E-state index contributed by atoms with van der Waals surface area (Å²) < 4.78 is 5.30. The van der Waals surface area contributed by atoms with Crippen LogP contribution in [0.1, 0.15) is 34.3 Å². The molecule has 0 saturated carbocycles. The highest BCUT2D eigenvalue weighted by Gasteiger charge is 2.63. The number of primary amides is 1. The zero-order valence-corrected chi connectivity index (χ0v) is 22.3. The number of aromatic hydroxyl groups is 1. The van der Waals surface area contributed by atoms with Crippen molar-refractivity contribution < 1.29 is 44.3 Å². The maximum absolute atomic E-state index is 13.8. The average Bonchev–Trinajstić information content (AvgIpc) is 2.90. The van der Waals surface area contributed by atoms with Crippen LogP contribution in [0.2, 0.25) is 0 Å². The van der Waals surface area contributed by atoms with Crippen molar-refractivity contribution in [2.45, 2.75) is 37.3 Å². The summed E-state index contributed by atoms with van der Waals surface area (Å²) in [5.41, 5.74) is 2.80. The van der Waals surface area contributed by atoms with E-state index in [1.165, 1.54) is 11.0 Å². The molecule has 40 heavy (non-hydrogen) atoms. The fraction of sp³-hybridized carbons (Fsp3) is 0.500. The molecule has 1 aromatic rings. The molecule has 4 aliphatic rings. The third-order valence-corrected chi connectivity index (χ3v) is 8.67. The number of nitrogens with two attached hydrogens (primary N) is 1. The zero-order valence-electron chi connectivity index (χ0n) is 22.3. The molecule has 5 rings (SSSR count). The molecule has 1 aromatic carbocycles. The van der Waals surface area contributed by atoms with Gasteiger partial charge in [0.2, 0.25) is 11.7 Å². The normalized spacial score (nSPS) is 28.4. The number of morpholine rings is 1. The summed E-state index contributed by atoms with van der Waals surface area (Å²) in [4.78, 5) is 55.2. The summed E-state index contributed by atoms with van der Waals surface area (Å²) in [6.45, 7) is 1.97. The number of aliphatic hydroxyl groups is 3. The number of Topliss-reactive ketones (excluding diaryl/α,β-unsaturated/α-hetero) is 2. The molecule has 1 unspecified atom stereocenters. The summed E-state index contributed by atoms with van der Waals surface area (Å²) in [5, 5.41) is 44.6. The number of fused-ring (bicyclic) bond motifs is 3. The van der Waals surface area contributed by atoms with Crippen LogP contribution in [-0.2, 0) is 32.0 Å². The van der Waals surface area contributed by atoms with Crippen LogP contribution in [0.4, 0.5) is 0 Å². The van der Waals surface area contributed by atoms with Crippen molar-refractivity contribution in [1.29, 1.82) is 0 Å². The third-order valence-electron chi connectivity index (χ3n) is 8.67. The summed E-state index contributed by atoms with van der Waals surface area (Å²) >= 11 is 0. The molecule has 0 spiro atoms. The van der Waals surface area contributed by atoms with E-state index in [4.69, 9.17) is 10.5 Å². The summed E-state index contributed by atoms with van der Waals surface area (Å²) in [6.07, 6.45) is 0.706. The second kappa shape index (κ2) is 10.0. The highest BCUT2D eigenvalue weighted by molar-refractivity contribution is 6.24. The van der Waals surface area contributed by atoms with E-state index in [-0.39, 0.29) is 42.1 Å². The maximum Gasteiger partial charge on any atom is 0.255 e. The highest BCUT2D eigenvalue weighted by Crippen LogP contribution is 2.52. The molecule has 12 nitrogen and oxygen atoms in total. The van der Waals surface area contributed by atoms with Gasteiger partial charge < -0.3 is 35.8 Å². The van der Waals surface area contributed by atoms with Crippen LogP contribution in [-0.4, -0.2) is 106 Å². The van der Waals surface area contributed by atoms with Crippen LogP contribution in [0.5, 0.6) is 5.75 Å². The lowest BCUT2D eigenvalue weighted by atomic mass is 9.58. The average molecular weight is 556 g/mol. The van der Waals surface area contributed by atoms with Gasteiger partial charge in [0.05, 0.1) is 24.8 Å². The lowest BCUT2D eigenvalue weighted by molar-refractivity contribution is -0.148. The zero-order chi connectivity index (χ0) is 29.1. The fourth-order valence-corrected chi connectivity index (χ4v) is 6.76. The molecule has 1 fully saturated rings. The van der Waals surface area contributed by atoms with Crippen LogP contribution >= 0.6 is 0 Å².